The van der Waals surface area contributed by atoms with Crippen LogP contribution in [0.1, 0.15) is 26.2 Å². The molecular formula is C13H19N5O2. The molecule has 1 atom stereocenters. The first kappa shape index (κ1) is 13.1. The average molecular weight is 277 g/mol. The van der Waals surface area contributed by atoms with Gasteiger partial charge in [0.1, 0.15) is 0 Å². The summed E-state index contributed by atoms with van der Waals surface area (Å²) < 4.78 is 3.39. The number of rotatable bonds is 4. The van der Waals surface area contributed by atoms with Gasteiger partial charge >= 0.3 is 5.69 Å². The Morgan fingerprint density at radius 2 is 2.30 bits per heavy atom. The molecule has 0 amide bonds. The molecule has 3 heterocycles. The van der Waals surface area contributed by atoms with Crippen molar-refractivity contribution in [1.82, 2.24) is 24.4 Å². The molecule has 2 N–H and O–H groups in total. The Bertz CT molecular complexity index is 720. The van der Waals surface area contributed by atoms with Crippen LogP contribution in [0.15, 0.2) is 15.9 Å². The van der Waals surface area contributed by atoms with Gasteiger partial charge in [-0.25, -0.2) is 9.78 Å². The van der Waals surface area contributed by atoms with Crippen LogP contribution in [0.5, 0.6) is 0 Å². The highest BCUT2D eigenvalue weighted by Gasteiger charge is 2.18. The van der Waals surface area contributed by atoms with Crippen molar-refractivity contribution in [3.63, 3.8) is 0 Å². The Balaban J connectivity index is 2.08. The highest BCUT2D eigenvalue weighted by atomic mass is 16.2. The molecule has 1 saturated heterocycles. The van der Waals surface area contributed by atoms with Crippen LogP contribution in [-0.2, 0) is 13.1 Å². The van der Waals surface area contributed by atoms with E-state index >= 15 is 0 Å². The number of fused-ring (bicyclic) bond motifs is 1. The molecule has 0 radical (unpaired) electrons. The van der Waals surface area contributed by atoms with Crippen molar-refractivity contribution in [2.45, 2.75) is 45.3 Å². The van der Waals surface area contributed by atoms with Gasteiger partial charge in [0.05, 0.1) is 6.33 Å². The van der Waals surface area contributed by atoms with Gasteiger partial charge in [0, 0.05) is 19.1 Å². The summed E-state index contributed by atoms with van der Waals surface area (Å²) in [4.78, 5) is 30.6. The van der Waals surface area contributed by atoms with Crippen molar-refractivity contribution in [2.75, 3.05) is 6.54 Å². The number of aromatic nitrogens is 4. The third-order valence-electron chi connectivity index (χ3n) is 3.78. The number of aryl methyl sites for hydroxylation is 1. The topological polar surface area (TPSA) is 84.7 Å². The monoisotopic (exact) mass is 277 g/mol. The van der Waals surface area contributed by atoms with Crippen molar-refractivity contribution >= 4 is 11.2 Å². The first-order valence-electron chi connectivity index (χ1n) is 7.12. The Morgan fingerprint density at radius 3 is 3.00 bits per heavy atom. The van der Waals surface area contributed by atoms with Gasteiger partial charge in [-0.2, -0.15) is 0 Å². The zero-order valence-electron chi connectivity index (χ0n) is 11.6. The van der Waals surface area contributed by atoms with Crippen LogP contribution in [0, 0.1) is 0 Å². The molecule has 7 heteroatoms. The molecule has 3 rings (SSSR count). The molecule has 1 aliphatic rings. The summed E-state index contributed by atoms with van der Waals surface area (Å²) in [5.41, 5.74) is 0.242. The maximum absolute atomic E-state index is 12.1. The van der Waals surface area contributed by atoms with Gasteiger partial charge in [-0.1, -0.05) is 6.92 Å². The molecule has 1 fully saturated rings. The molecule has 0 spiro atoms. The van der Waals surface area contributed by atoms with Gasteiger partial charge in [-0.05, 0) is 25.8 Å². The molecule has 1 aliphatic heterocycles. The summed E-state index contributed by atoms with van der Waals surface area (Å²) in [6.45, 7) is 4.28. The number of nitrogens with zero attached hydrogens (tertiary/aromatic N) is 3. The standard InChI is InChI=1S/C13H19N5O2/c1-2-6-18-11-10(12(19)16-13(18)20)17(8-15-11)7-9-4-3-5-14-9/h8-9,14H,2-7H2,1H3,(H,16,19,20). The summed E-state index contributed by atoms with van der Waals surface area (Å²) in [5.74, 6) is 0. The van der Waals surface area contributed by atoms with Gasteiger partial charge in [-0.15, -0.1) is 0 Å². The molecule has 2 aromatic rings. The first-order valence-corrected chi connectivity index (χ1v) is 7.12. The highest BCUT2D eigenvalue weighted by molar-refractivity contribution is 5.69. The molecule has 1 unspecified atom stereocenters. The van der Waals surface area contributed by atoms with Crippen LogP contribution in [0.4, 0.5) is 0 Å². The maximum atomic E-state index is 12.1. The smallest absolute Gasteiger partial charge is 0.323 e. The SMILES string of the molecule is CCCn1c(=O)[nH]c(=O)c2c1ncn2CC1CCCN1. The molecule has 7 nitrogen and oxygen atoms in total. The van der Waals surface area contributed by atoms with E-state index in [1.54, 1.807) is 6.33 Å². The second-order valence-corrected chi connectivity index (χ2v) is 5.27. The third kappa shape index (κ3) is 2.18. The molecule has 108 valence electrons. The second-order valence-electron chi connectivity index (χ2n) is 5.27. The molecule has 0 aliphatic carbocycles. The number of aromatic amines is 1. The van der Waals surface area contributed by atoms with E-state index in [9.17, 15) is 9.59 Å². The lowest BCUT2D eigenvalue weighted by atomic mass is 10.2. The van der Waals surface area contributed by atoms with Crippen LogP contribution in [-0.4, -0.2) is 31.7 Å². The lowest BCUT2D eigenvalue weighted by Crippen LogP contribution is -2.32. The van der Waals surface area contributed by atoms with Crippen LogP contribution >= 0.6 is 0 Å². The zero-order valence-corrected chi connectivity index (χ0v) is 11.6. The van der Waals surface area contributed by atoms with Gasteiger partial charge in [0.25, 0.3) is 5.56 Å². The summed E-state index contributed by atoms with van der Waals surface area (Å²) in [7, 11) is 0. The predicted molar refractivity (Wildman–Crippen MR) is 75.9 cm³/mol. The van der Waals surface area contributed by atoms with E-state index in [2.05, 4.69) is 15.3 Å². The molecular weight excluding hydrogens is 258 g/mol. The lowest BCUT2D eigenvalue weighted by molar-refractivity contribution is 0.516. The number of hydrogen-bond donors (Lipinski definition) is 2. The predicted octanol–water partition coefficient (Wildman–Crippen LogP) is 0.0483. The van der Waals surface area contributed by atoms with E-state index in [1.165, 1.54) is 4.57 Å². The molecule has 20 heavy (non-hydrogen) atoms. The fourth-order valence-corrected chi connectivity index (χ4v) is 2.84. The Labute approximate surface area is 115 Å². The molecule has 0 bridgehead atoms. The van der Waals surface area contributed by atoms with Gasteiger partial charge in [-0.3, -0.25) is 14.3 Å². The Hall–Kier alpha value is -1.89. The van der Waals surface area contributed by atoms with E-state index in [4.69, 9.17) is 0 Å². The fourth-order valence-electron chi connectivity index (χ4n) is 2.84. The van der Waals surface area contributed by atoms with Gasteiger partial charge < -0.3 is 9.88 Å². The van der Waals surface area contributed by atoms with Crippen LogP contribution in [0.3, 0.4) is 0 Å². The quantitative estimate of drug-likeness (QED) is 0.827. The van der Waals surface area contributed by atoms with Crippen LogP contribution in [0.25, 0.3) is 11.2 Å². The second kappa shape index (κ2) is 5.24. The normalized spacial score (nSPS) is 18.9. The van der Waals surface area contributed by atoms with Crippen molar-refractivity contribution in [1.29, 1.82) is 0 Å². The van der Waals surface area contributed by atoms with Crippen LogP contribution in [0.2, 0.25) is 0 Å². The average Bonchev–Trinajstić information content (AvgIpc) is 3.05. The van der Waals surface area contributed by atoms with E-state index in [0.29, 0.717) is 30.3 Å². The van der Waals surface area contributed by atoms with Gasteiger partial charge in [0.2, 0.25) is 0 Å². The summed E-state index contributed by atoms with van der Waals surface area (Å²) in [6.07, 6.45) is 4.74. The van der Waals surface area contributed by atoms with E-state index in [-0.39, 0.29) is 11.2 Å². The number of imidazole rings is 1. The van der Waals surface area contributed by atoms with E-state index in [0.717, 1.165) is 25.8 Å². The third-order valence-corrected chi connectivity index (χ3v) is 3.78. The molecule has 0 aromatic carbocycles. The van der Waals surface area contributed by atoms with Gasteiger partial charge in [0.15, 0.2) is 11.2 Å². The lowest BCUT2D eigenvalue weighted by Gasteiger charge is -2.11. The Kier molecular flexibility index (Phi) is 3.43. The number of nitrogens with one attached hydrogen (secondary N) is 2. The van der Waals surface area contributed by atoms with E-state index in [1.807, 2.05) is 11.5 Å². The Morgan fingerprint density at radius 1 is 1.45 bits per heavy atom. The minimum Gasteiger partial charge on any atom is -0.323 e. The number of hydrogen-bond acceptors (Lipinski definition) is 4. The minimum absolute atomic E-state index is 0.354. The largest absolute Gasteiger partial charge is 0.330 e. The summed E-state index contributed by atoms with van der Waals surface area (Å²) >= 11 is 0. The van der Waals surface area contributed by atoms with Crippen molar-refractivity contribution in [3.8, 4) is 0 Å². The van der Waals surface area contributed by atoms with Crippen molar-refractivity contribution in [2.24, 2.45) is 0 Å². The molecule has 0 saturated carbocycles. The summed E-state index contributed by atoms with van der Waals surface area (Å²) in [6, 6.07) is 0.373. The first-order chi connectivity index (χ1) is 9.70. The van der Waals surface area contributed by atoms with E-state index < -0.39 is 0 Å². The van der Waals surface area contributed by atoms with Crippen LogP contribution < -0.4 is 16.6 Å². The minimum atomic E-state index is -0.381. The summed E-state index contributed by atoms with van der Waals surface area (Å²) in [5, 5.41) is 3.40. The molecule has 2 aromatic heterocycles. The number of H-pyrrole nitrogens is 1. The highest BCUT2D eigenvalue weighted by Crippen LogP contribution is 2.11. The fraction of sp³-hybridized carbons (Fsp3) is 0.615. The zero-order chi connectivity index (χ0) is 14.1. The van der Waals surface area contributed by atoms with Crippen molar-refractivity contribution in [3.05, 3.63) is 27.2 Å². The maximum Gasteiger partial charge on any atom is 0.330 e. The van der Waals surface area contributed by atoms with Crippen molar-refractivity contribution < 1.29 is 0 Å².